The van der Waals surface area contributed by atoms with Crippen molar-refractivity contribution in [2.75, 3.05) is 0 Å². The van der Waals surface area contributed by atoms with Crippen LogP contribution in [0.2, 0.25) is 0 Å². The quantitative estimate of drug-likeness (QED) is 0.583. The monoisotopic (exact) mass is 204 g/mol. The third kappa shape index (κ3) is 5.83. The molecule has 13 heavy (non-hydrogen) atoms. The van der Waals surface area contributed by atoms with Gasteiger partial charge in [-0.3, -0.25) is 0 Å². The zero-order chi connectivity index (χ0) is 8.97. The maximum absolute atomic E-state index is 10.7. The summed E-state index contributed by atoms with van der Waals surface area (Å²) >= 11 is 0. The molecule has 1 atom stereocenters. The van der Waals surface area contributed by atoms with Crippen molar-refractivity contribution in [2.24, 2.45) is 0 Å². The summed E-state index contributed by atoms with van der Waals surface area (Å²) in [5.74, 6) is 0.272. The summed E-state index contributed by atoms with van der Waals surface area (Å²) in [6.07, 6.45) is 0.953. The average Bonchev–Trinajstić information content (AvgIpc) is 2.03. The number of benzene rings is 1. The number of hydrogen-bond donors (Lipinski definition) is 1. The maximum atomic E-state index is 10.7. The second-order valence-corrected chi connectivity index (χ2v) is 3.02. The van der Waals surface area contributed by atoms with Crippen molar-refractivity contribution in [2.45, 2.75) is 25.9 Å². The molecule has 0 radical (unpaired) electrons. The first kappa shape index (κ1) is 13.6. The first-order valence-corrected chi connectivity index (χ1v) is 4.12. The first-order chi connectivity index (χ1) is 5.68. The Morgan fingerprint density at radius 1 is 1.31 bits per heavy atom. The molecule has 66 valence electrons. The van der Waals surface area contributed by atoms with Crippen LogP contribution in [-0.4, -0.2) is 11.2 Å². The average molecular weight is 204 g/mol. The largest absolute Gasteiger partial charge is 1.00 e. The van der Waals surface area contributed by atoms with Gasteiger partial charge >= 0.3 is 51.4 Å². The Labute approximate surface area is 121 Å². The van der Waals surface area contributed by atoms with Gasteiger partial charge in [-0.25, -0.2) is 0 Å². The summed E-state index contributed by atoms with van der Waals surface area (Å²) in [6.45, 7) is 1.67. The number of rotatable bonds is 3. The summed E-state index contributed by atoms with van der Waals surface area (Å²) in [6, 6.07) is 6.98. The van der Waals surface area contributed by atoms with Crippen LogP contribution >= 0.6 is 0 Å². The van der Waals surface area contributed by atoms with Crippen LogP contribution in [0.5, 0.6) is 5.75 Å². The van der Waals surface area contributed by atoms with Gasteiger partial charge in [0, 0.05) is 0 Å². The molecule has 0 aliphatic heterocycles. The number of phenolic OH excluding ortho intramolecular Hbond substituents is 1. The Bertz CT molecular complexity index is 231. The van der Waals surface area contributed by atoms with Crippen LogP contribution < -0.4 is 56.5 Å². The molecule has 2 nitrogen and oxygen atoms in total. The van der Waals surface area contributed by atoms with Crippen LogP contribution in [-0.2, 0) is 6.42 Å². The second-order valence-electron chi connectivity index (χ2n) is 3.02. The van der Waals surface area contributed by atoms with E-state index in [2.05, 4.69) is 0 Å². The van der Waals surface area contributed by atoms with E-state index in [1.165, 1.54) is 0 Å². The van der Waals surface area contributed by atoms with Gasteiger partial charge in [0.1, 0.15) is 5.75 Å². The predicted octanol–water partition coefficient (Wildman–Crippen LogP) is -1.92. The Morgan fingerprint density at radius 2 is 1.85 bits per heavy atom. The number of hydrogen-bond acceptors (Lipinski definition) is 2. The minimum absolute atomic E-state index is 0. The Hall–Kier alpha value is 0.616. The fourth-order valence-electron chi connectivity index (χ4n) is 1.03. The SMILES string of the molecule is CC([O-])CCc1ccc(O)cc1.[K+]. The molecule has 0 bridgehead atoms. The molecule has 0 spiro atoms. The Kier molecular flexibility index (Phi) is 7.31. The van der Waals surface area contributed by atoms with Gasteiger partial charge < -0.3 is 10.2 Å². The van der Waals surface area contributed by atoms with E-state index in [0.29, 0.717) is 6.42 Å². The third-order valence-electron chi connectivity index (χ3n) is 1.78. The van der Waals surface area contributed by atoms with Gasteiger partial charge in [-0.15, -0.1) is 6.10 Å². The van der Waals surface area contributed by atoms with E-state index < -0.39 is 6.10 Å². The normalized spacial score (nSPS) is 11.8. The molecule has 1 unspecified atom stereocenters. The minimum Gasteiger partial charge on any atom is -0.852 e. The molecular weight excluding hydrogens is 191 g/mol. The topological polar surface area (TPSA) is 43.3 Å². The summed E-state index contributed by atoms with van der Waals surface area (Å²) in [4.78, 5) is 0. The number of aryl methyl sites for hydroxylation is 1. The summed E-state index contributed by atoms with van der Waals surface area (Å²) in [5, 5.41) is 19.7. The van der Waals surface area contributed by atoms with Gasteiger partial charge in [-0.1, -0.05) is 25.5 Å². The van der Waals surface area contributed by atoms with Crippen LogP contribution in [0.15, 0.2) is 24.3 Å². The number of aromatic hydroxyl groups is 1. The van der Waals surface area contributed by atoms with Crippen molar-refractivity contribution in [3.63, 3.8) is 0 Å². The fraction of sp³-hybridized carbons (Fsp3) is 0.400. The minimum atomic E-state index is -0.501. The van der Waals surface area contributed by atoms with Crippen molar-refractivity contribution < 1.29 is 61.6 Å². The molecule has 0 aromatic heterocycles. The third-order valence-corrected chi connectivity index (χ3v) is 1.78. The molecule has 3 heteroatoms. The molecule has 0 saturated carbocycles. The van der Waals surface area contributed by atoms with Gasteiger partial charge in [-0.2, -0.15) is 0 Å². The van der Waals surface area contributed by atoms with E-state index in [0.717, 1.165) is 12.0 Å². The van der Waals surface area contributed by atoms with Crippen molar-refractivity contribution >= 4 is 0 Å². The van der Waals surface area contributed by atoms with Gasteiger partial charge in [-0.05, 0) is 24.1 Å². The zero-order valence-corrected chi connectivity index (χ0v) is 11.3. The Balaban J connectivity index is 0.00000144. The molecule has 0 heterocycles. The smallest absolute Gasteiger partial charge is 0.852 e. The van der Waals surface area contributed by atoms with E-state index in [9.17, 15) is 5.11 Å². The summed E-state index contributed by atoms with van der Waals surface area (Å²) in [5.41, 5.74) is 1.11. The standard InChI is InChI=1S/C10H13O2.K/c1-8(11)2-3-9-4-6-10(12)7-5-9;/h4-8,12H,2-3H2,1H3;/q-1;+1. The molecule has 1 N–H and O–H groups in total. The zero-order valence-electron chi connectivity index (χ0n) is 8.16. The van der Waals surface area contributed by atoms with Crippen molar-refractivity contribution in [3.8, 4) is 5.75 Å². The molecule has 0 aliphatic carbocycles. The van der Waals surface area contributed by atoms with E-state index in [4.69, 9.17) is 5.11 Å². The molecule has 0 fully saturated rings. The molecular formula is C10H13KO2. The molecule has 0 amide bonds. The van der Waals surface area contributed by atoms with E-state index >= 15 is 0 Å². The van der Waals surface area contributed by atoms with Crippen LogP contribution in [0.25, 0.3) is 0 Å². The van der Waals surface area contributed by atoms with Crippen molar-refractivity contribution in [1.82, 2.24) is 0 Å². The number of phenols is 1. The van der Waals surface area contributed by atoms with Crippen LogP contribution in [0.4, 0.5) is 0 Å². The molecule has 1 aromatic rings. The molecule has 1 aromatic carbocycles. The summed E-state index contributed by atoms with van der Waals surface area (Å²) < 4.78 is 0. The van der Waals surface area contributed by atoms with Gasteiger partial charge in [0.05, 0.1) is 0 Å². The second kappa shape index (κ2) is 6.98. The van der Waals surface area contributed by atoms with Crippen LogP contribution in [0.1, 0.15) is 18.9 Å². The predicted molar refractivity (Wildman–Crippen MR) is 45.9 cm³/mol. The van der Waals surface area contributed by atoms with Gasteiger partial charge in [0.25, 0.3) is 0 Å². The Morgan fingerprint density at radius 3 is 2.31 bits per heavy atom. The van der Waals surface area contributed by atoms with Gasteiger partial charge in [0.15, 0.2) is 0 Å². The molecule has 0 aliphatic rings. The van der Waals surface area contributed by atoms with Crippen molar-refractivity contribution in [3.05, 3.63) is 29.8 Å². The summed E-state index contributed by atoms with van der Waals surface area (Å²) in [7, 11) is 0. The van der Waals surface area contributed by atoms with E-state index in [1.807, 2.05) is 12.1 Å². The van der Waals surface area contributed by atoms with Crippen LogP contribution in [0.3, 0.4) is 0 Å². The fourth-order valence-corrected chi connectivity index (χ4v) is 1.03. The maximum Gasteiger partial charge on any atom is 1.00 e. The van der Waals surface area contributed by atoms with E-state index in [1.54, 1.807) is 19.1 Å². The van der Waals surface area contributed by atoms with Crippen molar-refractivity contribution in [1.29, 1.82) is 0 Å². The van der Waals surface area contributed by atoms with Crippen LogP contribution in [0, 0.1) is 0 Å². The first-order valence-electron chi connectivity index (χ1n) is 4.12. The molecule has 1 rings (SSSR count). The van der Waals surface area contributed by atoms with E-state index in [-0.39, 0.29) is 57.1 Å². The van der Waals surface area contributed by atoms with Gasteiger partial charge in [0.2, 0.25) is 0 Å². The molecule has 0 saturated heterocycles.